The van der Waals surface area contributed by atoms with Crippen LogP contribution in [-0.2, 0) is 0 Å². The summed E-state index contributed by atoms with van der Waals surface area (Å²) in [4.78, 5) is 0. The first-order valence-electron chi connectivity index (χ1n) is 9.31. The molecule has 0 aliphatic carbocycles. The van der Waals surface area contributed by atoms with E-state index < -0.39 is 0 Å². The van der Waals surface area contributed by atoms with Crippen molar-refractivity contribution in [2.75, 3.05) is 0 Å². The van der Waals surface area contributed by atoms with Crippen LogP contribution >= 0.6 is 15.9 Å². The molecule has 0 bridgehead atoms. The number of rotatable bonds is 3. The number of halogens is 1. The summed E-state index contributed by atoms with van der Waals surface area (Å²) in [6.07, 6.45) is 0. The number of benzene rings is 4. The maximum absolute atomic E-state index is 3.55. The zero-order valence-corrected chi connectivity index (χ0v) is 17.3. The van der Waals surface area contributed by atoms with Gasteiger partial charge in [-0.3, -0.25) is 0 Å². The largest absolute Gasteiger partial charge is 0.0683 e. The van der Waals surface area contributed by atoms with E-state index in [4.69, 9.17) is 0 Å². The molecule has 0 heterocycles. The van der Waals surface area contributed by atoms with Crippen LogP contribution in [0.2, 0.25) is 0 Å². The molecule has 0 saturated carbocycles. The first-order chi connectivity index (χ1) is 13.3. The lowest BCUT2D eigenvalue weighted by Crippen LogP contribution is -1.83. The standard InChI is InChI=1S/C24H17Br.C2H6/c25-24-11-5-10-23(17-24)22-9-4-8-21(16-22)20-14-12-19(13-15-20)18-6-2-1-3-7-18;1-2/h1-17H;1-2H3. The molecule has 0 amide bonds. The van der Waals surface area contributed by atoms with Gasteiger partial charge in [0.05, 0.1) is 0 Å². The summed E-state index contributed by atoms with van der Waals surface area (Å²) in [5, 5.41) is 0. The summed E-state index contributed by atoms with van der Waals surface area (Å²) in [7, 11) is 0. The van der Waals surface area contributed by atoms with E-state index in [1.165, 1.54) is 33.4 Å². The normalized spacial score (nSPS) is 10.0. The number of hydrogen-bond acceptors (Lipinski definition) is 0. The Morgan fingerprint density at radius 2 is 0.815 bits per heavy atom. The minimum atomic E-state index is 1.10. The molecule has 0 spiro atoms. The SMILES string of the molecule is Brc1cccc(-c2cccc(-c3ccc(-c4ccccc4)cc3)c2)c1.CC. The van der Waals surface area contributed by atoms with Crippen LogP contribution in [0.4, 0.5) is 0 Å². The Balaban J connectivity index is 0.00000102. The van der Waals surface area contributed by atoms with Gasteiger partial charge < -0.3 is 0 Å². The van der Waals surface area contributed by atoms with Gasteiger partial charge in [-0.15, -0.1) is 0 Å². The highest BCUT2D eigenvalue weighted by atomic mass is 79.9. The molecule has 4 aromatic carbocycles. The third-order valence-electron chi connectivity index (χ3n) is 4.35. The third-order valence-corrected chi connectivity index (χ3v) is 4.84. The minimum absolute atomic E-state index is 1.10. The molecular weight excluding hydrogens is 392 g/mol. The van der Waals surface area contributed by atoms with Gasteiger partial charge in [0.25, 0.3) is 0 Å². The summed E-state index contributed by atoms with van der Waals surface area (Å²) < 4.78 is 1.10. The predicted octanol–water partition coefficient (Wildman–Crippen LogP) is 8.48. The van der Waals surface area contributed by atoms with Crippen molar-refractivity contribution in [3.8, 4) is 33.4 Å². The van der Waals surface area contributed by atoms with Crippen molar-refractivity contribution >= 4 is 15.9 Å². The van der Waals surface area contributed by atoms with Gasteiger partial charge in [-0.25, -0.2) is 0 Å². The Bertz CT molecular complexity index is 986. The second kappa shape index (κ2) is 9.34. The number of hydrogen-bond donors (Lipinski definition) is 0. The lowest BCUT2D eigenvalue weighted by molar-refractivity contribution is 1.50. The molecular formula is C26H23Br. The van der Waals surface area contributed by atoms with Crippen molar-refractivity contribution in [2.24, 2.45) is 0 Å². The van der Waals surface area contributed by atoms with E-state index in [2.05, 4.69) is 113 Å². The molecule has 4 rings (SSSR count). The fourth-order valence-corrected chi connectivity index (χ4v) is 3.43. The Labute approximate surface area is 170 Å². The predicted molar refractivity (Wildman–Crippen MR) is 122 cm³/mol. The highest BCUT2D eigenvalue weighted by Gasteiger charge is 2.03. The molecule has 0 unspecified atom stereocenters. The van der Waals surface area contributed by atoms with Crippen molar-refractivity contribution in [2.45, 2.75) is 13.8 Å². The lowest BCUT2D eigenvalue weighted by atomic mass is 9.97. The summed E-state index contributed by atoms with van der Waals surface area (Å²) in [6, 6.07) is 36.4. The van der Waals surface area contributed by atoms with E-state index in [9.17, 15) is 0 Å². The molecule has 0 aliphatic heterocycles. The fraction of sp³-hybridized carbons (Fsp3) is 0.0769. The molecule has 4 aromatic rings. The van der Waals surface area contributed by atoms with Crippen LogP contribution in [0.1, 0.15) is 13.8 Å². The molecule has 0 N–H and O–H groups in total. The highest BCUT2D eigenvalue weighted by Crippen LogP contribution is 2.29. The molecule has 0 fully saturated rings. The van der Waals surface area contributed by atoms with Gasteiger partial charge >= 0.3 is 0 Å². The summed E-state index contributed by atoms with van der Waals surface area (Å²) in [5.41, 5.74) is 7.40. The molecule has 0 radical (unpaired) electrons. The molecule has 0 atom stereocenters. The van der Waals surface area contributed by atoms with Gasteiger partial charge in [0.15, 0.2) is 0 Å². The zero-order chi connectivity index (χ0) is 19.1. The van der Waals surface area contributed by atoms with Crippen molar-refractivity contribution in [1.82, 2.24) is 0 Å². The van der Waals surface area contributed by atoms with Crippen molar-refractivity contribution in [1.29, 1.82) is 0 Å². The van der Waals surface area contributed by atoms with Gasteiger partial charge in [-0.2, -0.15) is 0 Å². The Kier molecular flexibility index (Phi) is 6.62. The van der Waals surface area contributed by atoms with Crippen LogP contribution in [0.5, 0.6) is 0 Å². The Morgan fingerprint density at radius 3 is 1.41 bits per heavy atom. The quantitative estimate of drug-likeness (QED) is 0.315. The van der Waals surface area contributed by atoms with Gasteiger partial charge in [0.2, 0.25) is 0 Å². The second-order valence-electron chi connectivity index (χ2n) is 6.03. The van der Waals surface area contributed by atoms with E-state index in [0.717, 1.165) is 4.47 Å². The average Bonchev–Trinajstić information content (AvgIpc) is 2.76. The van der Waals surface area contributed by atoms with Crippen molar-refractivity contribution < 1.29 is 0 Å². The van der Waals surface area contributed by atoms with Crippen LogP contribution in [0, 0.1) is 0 Å². The molecule has 0 aliphatic rings. The van der Waals surface area contributed by atoms with Crippen molar-refractivity contribution in [3.05, 3.63) is 108 Å². The Hall–Kier alpha value is -2.64. The maximum atomic E-state index is 3.55. The molecule has 0 nitrogen and oxygen atoms in total. The van der Waals surface area contributed by atoms with Crippen LogP contribution < -0.4 is 0 Å². The maximum Gasteiger partial charge on any atom is 0.0181 e. The summed E-state index contributed by atoms with van der Waals surface area (Å²) in [6.45, 7) is 4.00. The smallest absolute Gasteiger partial charge is 0.0181 e. The molecule has 0 aromatic heterocycles. The monoisotopic (exact) mass is 414 g/mol. The van der Waals surface area contributed by atoms with Crippen LogP contribution in [0.25, 0.3) is 33.4 Å². The third kappa shape index (κ3) is 4.75. The van der Waals surface area contributed by atoms with Crippen LogP contribution in [0.3, 0.4) is 0 Å². The van der Waals surface area contributed by atoms with E-state index >= 15 is 0 Å². The van der Waals surface area contributed by atoms with Gasteiger partial charge in [0.1, 0.15) is 0 Å². The highest BCUT2D eigenvalue weighted by molar-refractivity contribution is 9.10. The first-order valence-corrected chi connectivity index (χ1v) is 10.1. The average molecular weight is 415 g/mol. The zero-order valence-electron chi connectivity index (χ0n) is 15.7. The van der Waals surface area contributed by atoms with Crippen LogP contribution in [0.15, 0.2) is 108 Å². The van der Waals surface area contributed by atoms with Gasteiger partial charge in [-0.05, 0) is 51.6 Å². The van der Waals surface area contributed by atoms with E-state index in [1.54, 1.807) is 0 Å². The molecule has 27 heavy (non-hydrogen) atoms. The van der Waals surface area contributed by atoms with Crippen molar-refractivity contribution in [3.63, 3.8) is 0 Å². The van der Waals surface area contributed by atoms with E-state index in [0.29, 0.717) is 0 Å². The topological polar surface area (TPSA) is 0 Å². The second-order valence-corrected chi connectivity index (χ2v) is 6.95. The summed E-state index contributed by atoms with van der Waals surface area (Å²) in [5.74, 6) is 0. The minimum Gasteiger partial charge on any atom is -0.0683 e. The molecule has 0 saturated heterocycles. The van der Waals surface area contributed by atoms with Gasteiger partial charge in [-0.1, -0.05) is 115 Å². The lowest BCUT2D eigenvalue weighted by Gasteiger charge is -2.08. The molecule has 1 heteroatoms. The summed E-state index contributed by atoms with van der Waals surface area (Å²) >= 11 is 3.55. The van der Waals surface area contributed by atoms with E-state index in [-0.39, 0.29) is 0 Å². The van der Waals surface area contributed by atoms with E-state index in [1.807, 2.05) is 19.9 Å². The van der Waals surface area contributed by atoms with Crippen LogP contribution in [-0.4, -0.2) is 0 Å². The Morgan fingerprint density at radius 1 is 0.407 bits per heavy atom. The first kappa shape index (κ1) is 19.1. The molecule has 134 valence electrons. The fourth-order valence-electron chi connectivity index (χ4n) is 3.03. The van der Waals surface area contributed by atoms with Gasteiger partial charge in [0, 0.05) is 4.47 Å².